The van der Waals surface area contributed by atoms with E-state index in [9.17, 15) is 14.7 Å². The summed E-state index contributed by atoms with van der Waals surface area (Å²) in [5.41, 5.74) is 0. The molecule has 0 bridgehead atoms. The van der Waals surface area contributed by atoms with E-state index in [1.807, 2.05) is 0 Å². The van der Waals surface area contributed by atoms with Gasteiger partial charge in [0.05, 0.1) is 6.61 Å². The molecule has 0 saturated carbocycles. The lowest BCUT2D eigenvalue weighted by Crippen LogP contribution is -2.28. The fourth-order valence-electron chi connectivity index (χ4n) is 12.6. The number of esters is 2. The molecule has 1 N–H and O–H groups in total. The lowest BCUT2D eigenvalue weighted by Gasteiger charge is -2.15. The molecule has 0 saturated heterocycles. The van der Waals surface area contributed by atoms with Crippen LogP contribution in [-0.4, -0.2) is 36.4 Å². The van der Waals surface area contributed by atoms with Crippen molar-refractivity contribution in [1.29, 1.82) is 0 Å². The normalized spacial score (nSPS) is 12.0. The molecule has 0 aromatic carbocycles. The third-order valence-electron chi connectivity index (χ3n) is 18.4. The third-order valence-corrected chi connectivity index (χ3v) is 18.4. The van der Waals surface area contributed by atoms with E-state index in [4.69, 9.17) is 9.47 Å². The second-order valence-corrected chi connectivity index (χ2v) is 26.8. The molecule has 82 heavy (non-hydrogen) atoms. The Bertz CT molecular complexity index is 1170. The van der Waals surface area contributed by atoms with Gasteiger partial charge in [0.1, 0.15) is 6.61 Å². The molecule has 0 aliphatic carbocycles. The zero-order valence-corrected chi connectivity index (χ0v) is 56.6. The molecule has 1 atom stereocenters. The van der Waals surface area contributed by atoms with E-state index < -0.39 is 6.10 Å². The van der Waals surface area contributed by atoms with E-state index in [1.165, 1.54) is 405 Å². The molecule has 0 aliphatic heterocycles. The second kappa shape index (κ2) is 74.2. The van der Waals surface area contributed by atoms with Gasteiger partial charge in [-0.05, 0) is 12.8 Å². The predicted octanol–water partition coefficient (Wildman–Crippen LogP) is 26.8. The van der Waals surface area contributed by atoms with Crippen LogP contribution in [-0.2, 0) is 19.1 Å². The number of carbonyl (C=O) groups is 2. The SMILES string of the molecule is CCCCCCCCCCCCCCCCCCCCCCCCCCCCCCCCCCCCCCCCCCC(=O)OC(CO)COC(=O)CCCCCCCCCCCCCCCCCCCCCCCCCCCCCC. The molecule has 0 radical (unpaired) electrons. The van der Waals surface area contributed by atoms with Crippen molar-refractivity contribution in [3.05, 3.63) is 0 Å². The van der Waals surface area contributed by atoms with Crippen molar-refractivity contribution in [2.45, 2.75) is 469 Å². The monoisotopic (exact) mass is 1160 g/mol. The Morgan fingerprint density at radius 2 is 0.378 bits per heavy atom. The van der Waals surface area contributed by atoms with Crippen molar-refractivity contribution in [2.75, 3.05) is 13.2 Å². The van der Waals surface area contributed by atoms with E-state index in [2.05, 4.69) is 13.8 Å². The Balaban J connectivity index is 3.32. The first-order chi connectivity index (χ1) is 40.6. The van der Waals surface area contributed by atoms with E-state index >= 15 is 0 Å². The summed E-state index contributed by atoms with van der Waals surface area (Å²) in [7, 11) is 0. The molecule has 0 aromatic heterocycles. The highest BCUT2D eigenvalue weighted by atomic mass is 16.6. The number of hydrogen-bond donors (Lipinski definition) is 1. The minimum atomic E-state index is -0.766. The van der Waals surface area contributed by atoms with E-state index in [-0.39, 0.29) is 25.2 Å². The van der Waals surface area contributed by atoms with Crippen LogP contribution in [0, 0.1) is 0 Å². The maximum absolute atomic E-state index is 12.4. The maximum atomic E-state index is 12.4. The second-order valence-electron chi connectivity index (χ2n) is 26.8. The van der Waals surface area contributed by atoms with Crippen LogP contribution in [0.25, 0.3) is 0 Å². The number of hydrogen-bond acceptors (Lipinski definition) is 5. The van der Waals surface area contributed by atoms with Gasteiger partial charge in [-0.15, -0.1) is 0 Å². The van der Waals surface area contributed by atoms with E-state index in [1.54, 1.807) is 0 Å². The Morgan fingerprint density at radius 3 is 0.537 bits per heavy atom. The molecule has 1 unspecified atom stereocenters. The van der Waals surface area contributed by atoms with Crippen molar-refractivity contribution < 1.29 is 24.2 Å². The maximum Gasteiger partial charge on any atom is 0.306 e. The Hall–Kier alpha value is -1.10. The molecule has 0 aromatic rings. The van der Waals surface area contributed by atoms with E-state index in [0.717, 1.165) is 32.1 Å². The summed E-state index contributed by atoms with van der Waals surface area (Å²) in [5.74, 6) is -0.557. The average molecular weight is 1160 g/mol. The highest BCUT2D eigenvalue weighted by Crippen LogP contribution is 2.21. The van der Waals surface area contributed by atoms with Crippen LogP contribution >= 0.6 is 0 Å². The summed E-state index contributed by atoms with van der Waals surface area (Å²) < 4.78 is 10.8. The van der Waals surface area contributed by atoms with Crippen LogP contribution in [0.4, 0.5) is 0 Å². The lowest BCUT2D eigenvalue weighted by atomic mass is 10.0. The molecular formula is C77H152O5. The Kier molecular flexibility index (Phi) is 73.2. The minimum absolute atomic E-state index is 0.0552. The van der Waals surface area contributed by atoms with Crippen LogP contribution < -0.4 is 0 Å². The molecule has 0 aliphatic rings. The molecule has 5 heteroatoms. The first-order valence-corrected chi connectivity index (χ1v) is 38.6. The number of aliphatic hydroxyl groups excluding tert-OH is 1. The molecule has 0 amide bonds. The fourth-order valence-corrected chi connectivity index (χ4v) is 12.6. The summed E-state index contributed by atoms with van der Waals surface area (Å²) in [6.45, 7) is 4.23. The molecule has 0 fully saturated rings. The van der Waals surface area contributed by atoms with Gasteiger partial charge in [0.2, 0.25) is 0 Å². The van der Waals surface area contributed by atoms with Crippen molar-refractivity contribution >= 4 is 11.9 Å². The van der Waals surface area contributed by atoms with Crippen molar-refractivity contribution in [3.8, 4) is 0 Å². The van der Waals surface area contributed by atoms with Crippen LogP contribution in [0.15, 0.2) is 0 Å². The quantitative estimate of drug-likeness (QED) is 0.0485. The Morgan fingerprint density at radius 1 is 0.232 bits per heavy atom. The highest BCUT2D eigenvalue weighted by molar-refractivity contribution is 5.70. The standard InChI is InChI=1S/C77H152O5/c1-3-5-7-9-11-13-15-17-19-21-23-25-27-29-31-33-34-35-36-37-38-39-40-41-42-43-44-46-48-50-52-54-56-58-60-62-64-66-68-70-72-77(80)82-75(73-78)74-81-76(79)71-69-67-65-63-61-59-57-55-53-51-49-47-45-32-30-28-26-24-22-20-18-16-14-12-10-8-6-4-2/h75,78H,3-74H2,1-2H3. The summed E-state index contributed by atoms with van der Waals surface area (Å²) in [4.78, 5) is 24.7. The van der Waals surface area contributed by atoms with Gasteiger partial charge in [-0.2, -0.15) is 0 Å². The lowest BCUT2D eigenvalue weighted by molar-refractivity contribution is -0.161. The minimum Gasteiger partial charge on any atom is -0.462 e. The predicted molar refractivity (Wildman–Crippen MR) is 362 cm³/mol. The molecular weight excluding hydrogens is 1000 g/mol. The first kappa shape index (κ1) is 80.9. The summed E-state index contributed by atoms with van der Waals surface area (Å²) in [5, 5.41) is 9.71. The van der Waals surface area contributed by atoms with Gasteiger partial charge in [-0.25, -0.2) is 0 Å². The summed E-state index contributed by atoms with van der Waals surface area (Å²) >= 11 is 0. The van der Waals surface area contributed by atoms with Crippen molar-refractivity contribution in [3.63, 3.8) is 0 Å². The number of ether oxygens (including phenoxy) is 2. The number of aliphatic hydroxyl groups is 1. The fraction of sp³-hybridized carbons (Fsp3) is 0.974. The highest BCUT2D eigenvalue weighted by Gasteiger charge is 2.16. The topological polar surface area (TPSA) is 72.8 Å². The van der Waals surface area contributed by atoms with Gasteiger partial charge < -0.3 is 14.6 Å². The zero-order valence-electron chi connectivity index (χ0n) is 56.6. The number of rotatable bonds is 74. The summed E-state index contributed by atoms with van der Waals surface area (Å²) in [6.07, 6.45) is 94.8. The molecule has 490 valence electrons. The third kappa shape index (κ3) is 71.4. The Labute approximate surface area is 516 Å². The smallest absolute Gasteiger partial charge is 0.306 e. The van der Waals surface area contributed by atoms with Gasteiger partial charge in [-0.1, -0.05) is 438 Å². The summed E-state index contributed by atoms with van der Waals surface area (Å²) in [6, 6.07) is 0. The van der Waals surface area contributed by atoms with E-state index in [0.29, 0.717) is 12.8 Å². The first-order valence-electron chi connectivity index (χ1n) is 38.6. The van der Waals surface area contributed by atoms with Gasteiger partial charge in [0, 0.05) is 12.8 Å². The average Bonchev–Trinajstić information content (AvgIpc) is 3.49. The van der Waals surface area contributed by atoms with Crippen LogP contribution in [0.2, 0.25) is 0 Å². The number of carbonyl (C=O) groups excluding carboxylic acids is 2. The zero-order chi connectivity index (χ0) is 59.1. The van der Waals surface area contributed by atoms with Crippen LogP contribution in [0.5, 0.6) is 0 Å². The largest absolute Gasteiger partial charge is 0.462 e. The molecule has 0 spiro atoms. The van der Waals surface area contributed by atoms with Crippen molar-refractivity contribution in [2.24, 2.45) is 0 Å². The van der Waals surface area contributed by atoms with Gasteiger partial charge in [0.15, 0.2) is 6.10 Å². The van der Waals surface area contributed by atoms with Gasteiger partial charge in [-0.3, -0.25) is 9.59 Å². The van der Waals surface area contributed by atoms with Gasteiger partial charge in [0.25, 0.3) is 0 Å². The number of unbranched alkanes of at least 4 members (excludes halogenated alkanes) is 66. The van der Waals surface area contributed by atoms with Crippen molar-refractivity contribution in [1.82, 2.24) is 0 Å². The van der Waals surface area contributed by atoms with Crippen LogP contribution in [0.1, 0.15) is 463 Å². The van der Waals surface area contributed by atoms with Gasteiger partial charge >= 0.3 is 11.9 Å². The molecule has 5 nitrogen and oxygen atoms in total. The molecule has 0 heterocycles. The van der Waals surface area contributed by atoms with Crippen LogP contribution in [0.3, 0.4) is 0 Å². The molecule has 0 rings (SSSR count).